The Morgan fingerprint density at radius 1 is 1.41 bits per heavy atom. The number of aryl methyl sites for hydroxylation is 1. The fraction of sp³-hybridized carbons (Fsp3) is 0.400. The van der Waals surface area contributed by atoms with Crippen LogP contribution in [0.3, 0.4) is 0 Å². The summed E-state index contributed by atoms with van der Waals surface area (Å²) in [7, 11) is 0. The number of carbonyl (C=O) groups is 1. The second-order valence-electron chi connectivity index (χ2n) is 5.35. The quantitative estimate of drug-likeness (QED) is 0.871. The van der Waals surface area contributed by atoms with E-state index in [2.05, 4.69) is 29.4 Å². The Bertz CT molecular complexity index is 658. The lowest BCUT2D eigenvalue weighted by atomic mass is 10.1. The number of hydrogen-bond acceptors (Lipinski definition) is 5. The molecule has 0 saturated carbocycles. The molecule has 2 aromatic rings. The van der Waals surface area contributed by atoms with Crippen LogP contribution in [-0.2, 0) is 11.2 Å². The van der Waals surface area contributed by atoms with E-state index in [9.17, 15) is 4.79 Å². The van der Waals surface area contributed by atoms with Crippen LogP contribution >= 0.6 is 22.9 Å². The summed E-state index contributed by atoms with van der Waals surface area (Å²) in [5.74, 6) is 0.850. The number of nitrogens with zero attached hydrogens (tertiary/aromatic N) is 2. The molecule has 0 saturated heterocycles. The molecule has 7 heteroatoms. The lowest BCUT2D eigenvalue weighted by Gasteiger charge is -2.07. The van der Waals surface area contributed by atoms with Gasteiger partial charge in [-0.2, -0.15) is 0 Å². The molecule has 5 nitrogen and oxygen atoms in total. The number of amides is 1. The van der Waals surface area contributed by atoms with Gasteiger partial charge < -0.3 is 4.74 Å². The molecule has 1 aromatic carbocycles. The zero-order valence-corrected chi connectivity index (χ0v) is 14.3. The summed E-state index contributed by atoms with van der Waals surface area (Å²) in [6, 6.07) is 5.27. The maximum atomic E-state index is 11.8. The van der Waals surface area contributed by atoms with Crippen LogP contribution in [0.25, 0.3) is 0 Å². The molecule has 1 aromatic heterocycles. The van der Waals surface area contributed by atoms with E-state index >= 15 is 0 Å². The first-order valence-electron chi connectivity index (χ1n) is 6.95. The number of ether oxygens (including phenoxy) is 1. The summed E-state index contributed by atoms with van der Waals surface area (Å²) in [6.45, 7) is 6.02. The molecule has 0 spiro atoms. The average Bonchev–Trinajstić information content (AvgIpc) is 2.86. The third-order valence-electron chi connectivity index (χ3n) is 2.80. The van der Waals surface area contributed by atoms with Gasteiger partial charge in [-0.05, 0) is 36.6 Å². The highest BCUT2D eigenvalue weighted by molar-refractivity contribution is 7.15. The zero-order chi connectivity index (χ0) is 16.1. The number of halogens is 1. The van der Waals surface area contributed by atoms with Gasteiger partial charge in [-0.15, -0.1) is 10.2 Å². The van der Waals surface area contributed by atoms with Crippen LogP contribution in [0.1, 0.15) is 24.4 Å². The Labute approximate surface area is 138 Å². The van der Waals surface area contributed by atoms with Crippen molar-refractivity contribution >= 4 is 34.0 Å². The van der Waals surface area contributed by atoms with Crippen molar-refractivity contribution in [1.29, 1.82) is 0 Å². The Morgan fingerprint density at radius 2 is 2.18 bits per heavy atom. The van der Waals surface area contributed by atoms with Crippen molar-refractivity contribution in [3.8, 4) is 5.75 Å². The molecule has 1 heterocycles. The van der Waals surface area contributed by atoms with E-state index in [1.54, 1.807) is 18.2 Å². The monoisotopic (exact) mass is 339 g/mol. The summed E-state index contributed by atoms with van der Waals surface area (Å²) >= 11 is 7.33. The fourth-order valence-electron chi connectivity index (χ4n) is 1.75. The maximum Gasteiger partial charge on any atom is 0.264 e. The van der Waals surface area contributed by atoms with Crippen LogP contribution in [0.15, 0.2) is 18.2 Å². The van der Waals surface area contributed by atoms with Gasteiger partial charge in [-0.1, -0.05) is 36.8 Å². The van der Waals surface area contributed by atoms with Gasteiger partial charge in [0, 0.05) is 11.4 Å². The van der Waals surface area contributed by atoms with Gasteiger partial charge in [0.05, 0.1) is 0 Å². The van der Waals surface area contributed by atoms with Crippen LogP contribution in [0.4, 0.5) is 5.13 Å². The highest BCUT2D eigenvalue weighted by Gasteiger charge is 2.10. The van der Waals surface area contributed by atoms with E-state index in [0.29, 0.717) is 21.8 Å². The van der Waals surface area contributed by atoms with E-state index in [0.717, 1.165) is 17.0 Å². The first kappa shape index (κ1) is 16.7. The molecule has 0 radical (unpaired) electrons. The van der Waals surface area contributed by atoms with Crippen LogP contribution in [0.2, 0.25) is 5.02 Å². The molecule has 2 rings (SSSR count). The molecule has 118 valence electrons. The number of rotatable bonds is 6. The number of hydrogen-bond donors (Lipinski definition) is 1. The normalized spacial score (nSPS) is 10.8. The second kappa shape index (κ2) is 7.56. The topological polar surface area (TPSA) is 64.1 Å². The third kappa shape index (κ3) is 4.96. The highest BCUT2D eigenvalue weighted by atomic mass is 35.5. The van der Waals surface area contributed by atoms with Gasteiger partial charge in [-0.25, -0.2) is 0 Å². The van der Waals surface area contributed by atoms with Crippen molar-refractivity contribution < 1.29 is 9.53 Å². The van der Waals surface area contributed by atoms with E-state index in [4.69, 9.17) is 16.3 Å². The largest absolute Gasteiger partial charge is 0.484 e. The Kier molecular flexibility index (Phi) is 5.74. The predicted octanol–water partition coefficient (Wildman–Crippen LogP) is 3.72. The van der Waals surface area contributed by atoms with E-state index < -0.39 is 0 Å². The van der Waals surface area contributed by atoms with E-state index in [1.807, 2.05) is 6.92 Å². The van der Waals surface area contributed by atoms with Gasteiger partial charge in [0.2, 0.25) is 5.13 Å². The second-order valence-corrected chi connectivity index (χ2v) is 6.82. The number of aromatic nitrogens is 2. The van der Waals surface area contributed by atoms with Crippen LogP contribution < -0.4 is 10.1 Å². The van der Waals surface area contributed by atoms with Gasteiger partial charge in [-0.3, -0.25) is 10.1 Å². The standard InChI is InChI=1S/C15H18ClN3O2S/c1-9(2)6-14-18-19-15(22-14)17-13(20)8-21-11-4-5-12(16)10(3)7-11/h4-5,7,9H,6,8H2,1-3H3,(H,17,19,20). The average molecular weight is 340 g/mol. The van der Waals surface area contributed by atoms with Crippen molar-refractivity contribution in [1.82, 2.24) is 10.2 Å². The number of carbonyl (C=O) groups excluding carboxylic acids is 1. The zero-order valence-electron chi connectivity index (χ0n) is 12.7. The Balaban J connectivity index is 1.84. The third-order valence-corrected chi connectivity index (χ3v) is 4.08. The number of nitrogens with one attached hydrogen (secondary N) is 1. The van der Waals surface area contributed by atoms with Crippen molar-refractivity contribution in [3.63, 3.8) is 0 Å². The molecule has 0 bridgehead atoms. The molecule has 1 amide bonds. The van der Waals surface area contributed by atoms with Crippen LogP contribution in [0.5, 0.6) is 5.75 Å². The summed E-state index contributed by atoms with van der Waals surface area (Å²) in [4.78, 5) is 11.8. The molecular weight excluding hydrogens is 322 g/mol. The number of anilines is 1. The molecule has 0 unspecified atom stereocenters. The smallest absolute Gasteiger partial charge is 0.264 e. The van der Waals surface area contributed by atoms with E-state index in [-0.39, 0.29) is 12.5 Å². The predicted molar refractivity (Wildman–Crippen MR) is 88.8 cm³/mol. The van der Waals surface area contributed by atoms with Crippen molar-refractivity contribution in [3.05, 3.63) is 33.8 Å². The lowest BCUT2D eigenvalue weighted by molar-refractivity contribution is -0.118. The van der Waals surface area contributed by atoms with Crippen molar-refractivity contribution in [2.75, 3.05) is 11.9 Å². The van der Waals surface area contributed by atoms with Crippen LogP contribution in [-0.4, -0.2) is 22.7 Å². The molecule has 0 aliphatic rings. The molecular formula is C15H18ClN3O2S. The van der Waals surface area contributed by atoms with Crippen molar-refractivity contribution in [2.24, 2.45) is 5.92 Å². The summed E-state index contributed by atoms with van der Waals surface area (Å²) in [5.41, 5.74) is 0.905. The van der Waals surface area contributed by atoms with Gasteiger partial charge in [0.15, 0.2) is 6.61 Å². The molecule has 0 atom stereocenters. The van der Waals surface area contributed by atoms with Gasteiger partial charge in [0.1, 0.15) is 10.8 Å². The summed E-state index contributed by atoms with van der Waals surface area (Å²) in [5, 5.41) is 12.8. The minimum Gasteiger partial charge on any atom is -0.484 e. The van der Waals surface area contributed by atoms with Gasteiger partial charge in [0.25, 0.3) is 5.91 Å². The minimum absolute atomic E-state index is 0.0832. The molecule has 0 fully saturated rings. The highest BCUT2D eigenvalue weighted by Crippen LogP contribution is 2.21. The SMILES string of the molecule is Cc1cc(OCC(=O)Nc2nnc(CC(C)C)s2)ccc1Cl. The molecule has 0 aliphatic carbocycles. The number of benzene rings is 1. The lowest BCUT2D eigenvalue weighted by Crippen LogP contribution is -2.20. The Hall–Kier alpha value is -1.66. The van der Waals surface area contributed by atoms with Crippen molar-refractivity contribution in [2.45, 2.75) is 27.2 Å². The molecule has 22 heavy (non-hydrogen) atoms. The first-order chi connectivity index (χ1) is 10.4. The fourth-order valence-corrected chi connectivity index (χ4v) is 2.83. The summed E-state index contributed by atoms with van der Waals surface area (Å²) < 4.78 is 5.43. The molecule has 1 N–H and O–H groups in total. The maximum absolute atomic E-state index is 11.8. The summed E-state index contributed by atoms with van der Waals surface area (Å²) in [6.07, 6.45) is 0.855. The van der Waals surface area contributed by atoms with Crippen LogP contribution in [0, 0.1) is 12.8 Å². The Morgan fingerprint density at radius 3 is 2.86 bits per heavy atom. The molecule has 0 aliphatic heterocycles. The van der Waals surface area contributed by atoms with E-state index in [1.165, 1.54) is 11.3 Å². The first-order valence-corrected chi connectivity index (χ1v) is 8.14. The minimum atomic E-state index is -0.264. The van der Waals surface area contributed by atoms with Gasteiger partial charge >= 0.3 is 0 Å².